The third-order valence-corrected chi connectivity index (χ3v) is 3.83. The zero-order valence-electron chi connectivity index (χ0n) is 13.0. The maximum atomic E-state index is 12.2. The van der Waals surface area contributed by atoms with Gasteiger partial charge in [0.2, 0.25) is 0 Å². The van der Waals surface area contributed by atoms with E-state index in [2.05, 4.69) is 15.6 Å². The number of carbonyl (C=O) groups is 2. The monoisotopic (exact) mass is 309 g/mol. The van der Waals surface area contributed by atoms with Crippen molar-refractivity contribution in [2.75, 3.05) is 0 Å². The molecule has 0 bridgehead atoms. The first-order chi connectivity index (χ1) is 11.1. The Balaban J connectivity index is 1.65. The van der Waals surface area contributed by atoms with Crippen molar-refractivity contribution in [2.24, 2.45) is 0 Å². The number of aryl methyl sites for hydroxylation is 1. The van der Waals surface area contributed by atoms with Crippen molar-refractivity contribution >= 4 is 11.8 Å². The van der Waals surface area contributed by atoms with E-state index in [1.54, 1.807) is 18.2 Å². The Kier molecular flexibility index (Phi) is 4.37. The van der Waals surface area contributed by atoms with Crippen LogP contribution in [-0.4, -0.2) is 22.8 Å². The van der Waals surface area contributed by atoms with Crippen molar-refractivity contribution < 1.29 is 9.59 Å². The molecule has 2 aromatic rings. The van der Waals surface area contributed by atoms with E-state index in [4.69, 9.17) is 0 Å². The zero-order chi connectivity index (χ0) is 16.2. The van der Waals surface area contributed by atoms with Gasteiger partial charge in [-0.25, -0.2) is 4.98 Å². The van der Waals surface area contributed by atoms with Crippen LogP contribution in [0.3, 0.4) is 0 Å². The summed E-state index contributed by atoms with van der Waals surface area (Å²) in [4.78, 5) is 28.4. The minimum atomic E-state index is -0.283. The Hall–Kier alpha value is -2.69. The van der Waals surface area contributed by atoms with E-state index in [9.17, 15) is 9.59 Å². The van der Waals surface area contributed by atoms with Crippen LogP contribution in [0.1, 0.15) is 44.9 Å². The molecule has 0 radical (unpaired) electrons. The molecule has 0 spiro atoms. The van der Waals surface area contributed by atoms with Crippen LogP contribution in [0.2, 0.25) is 0 Å². The van der Waals surface area contributed by atoms with Crippen molar-refractivity contribution in [2.45, 2.75) is 32.4 Å². The molecule has 3 rings (SSSR count). The molecule has 118 valence electrons. The molecule has 1 saturated carbocycles. The van der Waals surface area contributed by atoms with Crippen molar-refractivity contribution in [1.82, 2.24) is 15.6 Å². The van der Waals surface area contributed by atoms with E-state index in [0.717, 1.165) is 24.0 Å². The van der Waals surface area contributed by atoms with E-state index >= 15 is 0 Å². The normalized spacial score (nSPS) is 13.4. The predicted molar refractivity (Wildman–Crippen MR) is 87.1 cm³/mol. The lowest BCUT2D eigenvalue weighted by Crippen LogP contribution is -2.28. The highest BCUT2D eigenvalue weighted by Crippen LogP contribution is 2.19. The summed E-state index contributed by atoms with van der Waals surface area (Å²) in [6.45, 7) is 2.44. The van der Waals surface area contributed by atoms with Crippen molar-refractivity contribution in [1.29, 1.82) is 0 Å². The minimum Gasteiger partial charge on any atom is -0.348 e. The first kappa shape index (κ1) is 15.2. The highest BCUT2D eigenvalue weighted by molar-refractivity contribution is 5.96. The molecule has 2 amide bonds. The summed E-state index contributed by atoms with van der Waals surface area (Å²) >= 11 is 0. The average Bonchev–Trinajstić information content (AvgIpc) is 3.38. The molecule has 5 heteroatoms. The fourth-order valence-corrected chi connectivity index (χ4v) is 2.25. The molecule has 1 fully saturated rings. The lowest BCUT2D eigenvalue weighted by Gasteiger charge is -2.08. The topological polar surface area (TPSA) is 71.1 Å². The lowest BCUT2D eigenvalue weighted by molar-refractivity contribution is 0.0942. The summed E-state index contributed by atoms with van der Waals surface area (Å²) < 4.78 is 0. The maximum absolute atomic E-state index is 12.2. The summed E-state index contributed by atoms with van der Waals surface area (Å²) in [7, 11) is 0. The second-order valence-corrected chi connectivity index (χ2v) is 5.76. The van der Waals surface area contributed by atoms with E-state index in [1.807, 2.05) is 31.2 Å². The van der Waals surface area contributed by atoms with E-state index in [1.165, 1.54) is 0 Å². The molecule has 2 N–H and O–H groups in total. The van der Waals surface area contributed by atoms with Crippen LogP contribution < -0.4 is 10.6 Å². The largest absolute Gasteiger partial charge is 0.348 e. The minimum absolute atomic E-state index is 0.221. The Labute approximate surface area is 135 Å². The van der Waals surface area contributed by atoms with Gasteiger partial charge in [0.1, 0.15) is 11.4 Å². The van der Waals surface area contributed by atoms with Gasteiger partial charge in [-0.3, -0.25) is 9.59 Å². The molecule has 1 aliphatic carbocycles. The van der Waals surface area contributed by atoms with E-state index in [0.29, 0.717) is 6.54 Å². The molecule has 0 atom stereocenters. The molecular weight excluding hydrogens is 290 g/mol. The van der Waals surface area contributed by atoms with Gasteiger partial charge in [-0.1, -0.05) is 30.3 Å². The number of pyridine rings is 1. The van der Waals surface area contributed by atoms with Gasteiger partial charge in [-0.2, -0.15) is 0 Å². The number of hydrogen-bond acceptors (Lipinski definition) is 3. The van der Waals surface area contributed by atoms with E-state index in [-0.39, 0.29) is 29.2 Å². The van der Waals surface area contributed by atoms with Gasteiger partial charge >= 0.3 is 0 Å². The van der Waals surface area contributed by atoms with Crippen molar-refractivity contribution in [3.63, 3.8) is 0 Å². The Bertz CT molecular complexity index is 739. The molecule has 1 aromatic heterocycles. The summed E-state index contributed by atoms with van der Waals surface area (Å²) in [5.41, 5.74) is 2.71. The molecule has 1 aliphatic rings. The standard InChI is InChI=1S/C18H19N3O2/c1-12-5-2-3-6-13(12)11-19-17(22)15-7-4-8-16(21-15)18(23)20-14-9-10-14/h2-8,14H,9-11H2,1H3,(H,19,22)(H,20,23). The summed E-state index contributed by atoms with van der Waals surface area (Å²) in [6.07, 6.45) is 2.03. The van der Waals surface area contributed by atoms with Gasteiger partial charge < -0.3 is 10.6 Å². The number of nitrogens with zero attached hydrogens (tertiary/aromatic N) is 1. The van der Waals surface area contributed by atoms with Crippen LogP contribution in [0.25, 0.3) is 0 Å². The highest BCUT2D eigenvalue weighted by Gasteiger charge is 2.24. The van der Waals surface area contributed by atoms with Gasteiger partial charge in [0.25, 0.3) is 11.8 Å². The van der Waals surface area contributed by atoms with Crippen LogP contribution >= 0.6 is 0 Å². The number of rotatable bonds is 5. The maximum Gasteiger partial charge on any atom is 0.270 e. The number of benzene rings is 1. The summed E-state index contributed by atoms with van der Waals surface area (Å²) in [5.74, 6) is -0.504. The smallest absolute Gasteiger partial charge is 0.270 e. The fraction of sp³-hybridized carbons (Fsp3) is 0.278. The number of hydrogen-bond donors (Lipinski definition) is 2. The average molecular weight is 309 g/mol. The summed E-state index contributed by atoms with van der Waals surface area (Å²) in [5, 5.41) is 5.71. The SMILES string of the molecule is Cc1ccccc1CNC(=O)c1cccc(C(=O)NC2CC2)n1. The molecular formula is C18H19N3O2. The van der Waals surface area contributed by atoms with Crippen LogP contribution in [0.5, 0.6) is 0 Å². The lowest BCUT2D eigenvalue weighted by atomic mass is 10.1. The zero-order valence-corrected chi connectivity index (χ0v) is 13.0. The predicted octanol–water partition coefficient (Wildman–Crippen LogP) is 2.21. The van der Waals surface area contributed by atoms with Crippen LogP contribution in [0.15, 0.2) is 42.5 Å². The molecule has 23 heavy (non-hydrogen) atoms. The van der Waals surface area contributed by atoms with Gasteiger partial charge in [-0.05, 0) is 43.0 Å². The number of carbonyl (C=O) groups excluding carboxylic acids is 2. The molecule has 0 unspecified atom stereocenters. The van der Waals surface area contributed by atoms with Crippen LogP contribution in [0.4, 0.5) is 0 Å². The van der Waals surface area contributed by atoms with Crippen molar-refractivity contribution in [3.8, 4) is 0 Å². The van der Waals surface area contributed by atoms with Gasteiger partial charge in [0.05, 0.1) is 0 Å². The molecule has 1 heterocycles. The molecule has 0 saturated heterocycles. The third-order valence-electron chi connectivity index (χ3n) is 3.83. The Morgan fingerprint density at radius 1 is 1.04 bits per heavy atom. The second kappa shape index (κ2) is 6.60. The quantitative estimate of drug-likeness (QED) is 0.889. The third kappa shape index (κ3) is 3.94. The number of amides is 2. The molecule has 1 aromatic carbocycles. The highest BCUT2D eigenvalue weighted by atomic mass is 16.2. The van der Waals surface area contributed by atoms with E-state index < -0.39 is 0 Å². The second-order valence-electron chi connectivity index (χ2n) is 5.76. The van der Waals surface area contributed by atoms with Gasteiger partial charge in [0.15, 0.2) is 0 Å². The van der Waals surface area contributed by atoms with Gasteiger partial charge in [-0.15, -0.1) is 0 Å². The molecule has 0 aliphatic heterocycles. The summed E-state index contributed by atoms with van der Waals surface area (Å²) in [6, 6.07) is 13.1. The number of aromatic nitrogens is 1. The molecule has 5 nitrogen and oxygen atoms in total. The fourth-order valence-electron chi connectivity index (χ4n) is 2.25. The first-order valence-electron chi connectivity index (χ1n) is 7.74. The Morgan fingerprint density at radius 3 is 2.43 bits per heavy atom. The Morgan fingerprint density at radius 2 is 1.74 bits per heavy atom. The first-order valence-corrected chi connectivity index (χ1v) is 7.74. The van der Waals surface area contributed by atoms with Crippen molar-refractivity contribution in [3.05, 3.63) is 65.0 Å². The number of nitrogens with one attached hydrogen (secondary N) is 2. The van der Waals surface area contributed by atoms with Crippen LogP contribution in [0, 0.1) is 6.92 Å². The van der Waals surface area contributed by atoms with Crippen LogP contribution in [-0.2, 0) is 6.54 Å². The van der Waals surface area contributed by atoms with Gasteiger partial charge in [0, 0.05) is 12.6 Å².